The first kappa shape index (κ1) is 26.2. The van der Waals surface area contributed by atoms with E-state index in [1.54, 1.807) is 17.9 Å². The smallest absolute Gasteiger partial charge is 0.390 e. The van der Waals surface area contributed by atoms with Crippen LogP contribution in [-0.2, 0) is 10.2 Å². The lowest BCUT2D eigenvalue weighted by Crippen LogP contribution is -2.70. The topological polar surface area (TPSA) is 91.2 Å². The first-order valence-electron chi connectivity index (χ1n) is 11.4. The van der Waals surface area contributed by atoms with Crippen LogP contribution in [0.2, 0.25) is 0 Å². The van der Waals surface area contributed by atoms with E-state index < -0.39 is 47.5 Å². The fraction of sp³-hybridized carbons (Fsp3) is 0.625. The van der Waals surface area contributed by atoms with Gasteiger partial charge in [-0.2, -0.15) is 13.2 Å². The molecule has 0 spiro atoms. The van der Waals surface area contributed by atoms with Crippen LogP contribution in [0.3, 0.4) is 0 Å². The number of likely N-dealkylation sites (tertiary alicyclic amines) is 1. The zero-order chi connectivity index (χ0) is 25.3. The summed E-state index contributed by atoms with van der Waals surface area (Å²) in [5, 5.41) is 14.4. The van der Waals surface area contributed by atoms with Crippen molar-refractivity contribution in [2.75, 3.05) is 20.2 Å². The predicted octanol–water partition coefficient (Wildman–Crippen LogP) is 3.76. The monoisotopic (exact) mass is 483 g/mol. The zero-order valence-corrected chi connectivity index (χ0v) is 19.7. The highest BCUT2D eigenvalue weighted by molar-refractivity contribution is 5.97. The maximum atomic E-state index is 12.9. The van der Waals surface area contributed by atoms with Crippen LogP contribution >= 0.6 is 0 Å². The number of carbonyl (C=O) groups excluding carboxylic acids is 2. The Kier molecular flexibility index (Phi) is 7.43. The number of carbonyl (C=O) groups is 2. The number of ether oxygens (including phenoxy) is 1. The van der Waals surface area contributed by atoms with E-state index in [1.807, 2.05) is 19.1 Å². The Hall–Kier alpha value is -2.46. The predicted molar refractivity (Wildman–Crippen MR) is 121 cm³/mol. The molecule has 0 aromatic heterocycles. The van der Waals surface area contributed by atoms with Gasteiger partial charge in [-0.05, 0) is 76.1 Å². The van der Waals surface area contributed by atoms with Gasteiger partial charge in [0.05, 0.1) is 19.1 Å². The molecule has 1 saturated heterocycles. The summed E-state index contributed by atoms with van der Waals surface area (Å²) < 4.78 is 44.2. The standard InChI is InChI=1S/C24H32F3N3O4/c1-15-5-6-18(34-4)13-19(15)22-9-11-30(12-10-24(25,26)27)16(2)23(22,33)8-7-17(14-22)20(31)29-21(32)28-3/h5-6,13,16-17,33H,3,7-12,14H2,1-2,4H3,(H,29,31,32). The number of hydrogen-bond donors (Lipinski definition) is 2. The van der Waals surface area contributed by atoms with Crippen molar-refractivity contribution < 1.29 is 32.6 Å². The molecule has 4 atom stereocenters. The SMILES string of the molecule is C=NC(=O)NC(=O)C1CCC2(O)C(C)N(CCC(F)(F)F)CCC2(c2cc(OC)ccc2C)C1. The van der Waals surface area contributed by atoms with Gasteiger partial charge < -0.3 is 9.84 Å². The van der Waals surface area contributed by atoms with Crippen molar-refractivity contribution in [1.82, 2.24) is 10.2 Å². The Morgan fingerprint density at radius 2 is 2.06 bits per heavy atom. The second kappa shape index (κ2) is 9.65. The highest BCUT2D eigenvalue weighted by atomic mass is 19.4. The molecule has 1 aliphatic carbocycles. The van der Waals surface area contributed by atoms with Crippen molar-refractivity contribution in [3.8, 4) is 5.75 Å². The molecule has 1 aromatic rings. The Morgan fingerprint density at radius 1 is 1.35 bits per heavy atom. The second-order valence-corrected chi connectivity index (χ2v) is 9.41. The minimum absolute atomic E-state index is 0.196. The number of methoxy groups -OCH3 is 1. The molecular formula is C24H32F3N3O4. The van der Waals surface area contributed by atoms with Crippen LogP contribution in [0.25, 0.3) is 0 Å². The van der Waals surface area contributed by atoms with Crippen molar-refractivity contribution in [3.05, 3.63) is 29.3 Å². The number of aliphatic imine (C=N–C) groups is 1. The number of amides is 3. The van der Waals surface area contributed by atoms with E-state index in [9.17, 15) is 27.9 Å². The van der Waals surface area contributed by atoms with Gasteiger partial charge in [0.2, 0.25) is 5.91 Å². The largest absolute Gasteiger partial charge is 0.497 e. The van der Waals surface area contributed by atoms with Crippen molar-refractivity contribution in [2.45, 2.75) is 69.2 Å². The lowest BCUT2D eigenvalue weighted by atomic mass is 9.51. The minimum Gasteiger partial charge on any atom is -0.497 e. The summed E-state index contributed by atoms with van der Waals surface area (Å²) in [6, 6.07) is 4.11. The Morgan fingerprint density at radius 3 is 2.68 bits per heavy atom. The summed E-state index contributed by atoms with van der Waals surface area (Å²) in [5.41, 5.74) is -0.599. The molecule has 2 aliphatic rings. The molecule has 1 aromatic carbocycles. The van der Waals surface area contributed by atoms with E-state index in [0.29, 0.717) is 18.7 Å². The average Bonchev–Trinajstić information content (AvgIpc) is 2.78. The Labute approximate surface area is 197 Å². The Balaban J connectivity index is 2.03. The van der Waals surface area contributed by atoms with Gasteiger partial charge in [-0.15, -0.1) is 0 Å². The van der Waals surface area contributed by atoms with Crippen LogP contribution in [0.1, 0.15) is 50.2 Å². The lowest BCUT2D eigenvalue weighted by Gasteiger charge is -2.61. The summed E-state index contributed by atoms with van der Waals surface area (Å²) in [4.78, 5) is 29.3. The van der Waals surface area contributed by atoms with E-state index >= 15 is 0 Å². The zero-order valence-electron chi connectivity index (χ0n) is 19.7. The molecule has 7 nitrogen and oxygen atoms in total. The number of nitrogens with one attached hydrogen (secondary N) is 1. The minimum atomic E-state index is -4.29. The molecule has 2 N–H and O–H groups in total. The van der Waals surface area contributed by atoms with Gasteiger partial charge in [-0.3, -0.25) is 15.0 Å². The molecular weight excluding hydrogens is 451 g/mol. The molecule has 4 unspecified atom stereocenters. The average molecular weight is 484 g/mol. The number of alkyl halides is 3. The third-order valence-electron chi connectivity index (χ3n) is 7.75. The molecule has 0 radical (unpaired) electrons. The van der Waals surface area contributed by atoms with Crippen LogP contribution < -0.4 is 10.1 Å². The van der Waals surface area contributed by atoms with Crippen LogP contribution in [0.5, 0.6) is 5.75 Å². The van der Waals surface area contributed by atoms with Gasteiger partial charge in [0.25, 0.3) is 0 Å². The fourth-order valence-corrected chi connectivity index (χ4v) is 5.86. The number of benzene rings is 1. The van der Waals surface area contributed by atoms with E-state index in [4.69, 9.17) is 4.74 Å². The molecule has 34 heavy (non-hydrogen) atoms. The highest BCUT2D eigenvalue weighted by Gasteiger charge is 2.62. The van der Waals surface area contributed by atoms with Gasteiger partial charge in [-0.1, -0.05) is 6.07 Å². The third kappa shape index (κ3) is 4.84. The molecule has 2 fully saturated rings. The van der Waals surface area contributed by atoms with E-state index in [1.165, 1.54) is 7.11 Å². The van der Waals surface area contributed by atoms with Crippen LogP contribution in [0, 0.1) is 12.8 Å². The van der Waals surface area contributed by atoms with Crippen LogP contribution in [0.4, 0.5) is 18.0 Å². The van der Waals surface area contributed by atoms with Gasteiger partial charge in [0, 0.05) is 23.9 Å². The van der Waals surface area contributed by atoms with Gasteiger partial charge >= 0.3 is 12.2 Å². The van der Waals surface area contributed by atoms with Gasteiger partial charge in [0.15, 0.2) is 0 Å². The normalized spacial score (nSPS) is 29.7. The molecule has 3 rings (SSSR count). The summed E-state index contributed by atoms with van der Waals surface area (Å²) in [5.74, 6) is -0.487. The van der Waals surface area contributed by atoms with Crippen LogP contribution in [0.15, 0.2) is 23.2 Å². The number of imide groups is 1. The number of urea groups is 1. The molecule has 1 saturated carbocycles. The number of hydrogen-bond acceptors (Lipinski definition) is 5. The summed E-state index contributed by atoms with van der Waals surface area (Å²) in [6.07, 6.45) is -4.17. The van der Waals surface area contributed by atoms with E-state index in [2.05, 4.69) is 17.0 Å². The van der Waals surface area contributed by atoms with E-state index in [0.717, 1.165) is 11.1 Å². The number of aryl methyl sites for hydroxylation is 1. The maximum absolute atomic E-state index is 12.9. The number of halogens is 3. The van der Waals surface area contributed by atoms with Crippen LogP contribution in [-0.4, -0.2) is 66.7 Å². The number of nitrogens with zero attached hydrogens (tertiary/aromatic N) is 2. The summed E-state index contributed by atoms with van der Waals surface area (Å²) in [6.45, 7) is 6.91. The van der Waals surface area contributed by atoms with Gasteiger partial charge in [0.1, 0.15) is 5.75 Å². The fourth-order valence-electron chi connectivity index (χ4n) is 5.86. The number of aliphatic hydroxyl groups is 1. The number of rotatable bonds is 5. The first-order valence-corrected chi connectivity index (χ1v) is 11.4. The lowest BCUT2D eigenvalue weighted by molar-refractivity contribution is -0.178. The molecule has 10 heteroatoms. The first-order chi connectivity index (χ1) is 15.9. The van der Waals surface area contributed by atoms with Crippen molar-refractivity contribution >= 4 is 18.7 Å². The van der Waals surface area contributed by atoms with Crippen molar-refractivity contribution in [3.63, 3.8) is 0 Å². The maximum Gasteiger partial charge on any atom is 0.390 e. The van der Waals surface area contributed by atoms with E-state index in [-0.39, 0.29) is 25.8 Å². The second-order valence-electron chi connectivity index (χ2n) is 9.41. The molecule has 1 heterocycles. The molecule has 188 valence electrons. The highest BCUT2D eigenvalue weighted by Crippen LogP contribution is 2.56. The molecule has 0 bridgehead atoms. The third-order valence-corrected chi connectivity index (χ3v) is 7.75. The van der Waals surface area contributed by atoms with Crippen molar-refractivity contribution in [1.29, 1.82) is 0 Å². The quantitative estimate of drug-likeness (QED) is 0.623. The van der Waals surface area contributed by atoms with Crippen molar-refractivity contribution in [2.24, 2.45) is 10.9 Å². The summed E-state index contributed by atoms with van der Waals surface area (Å²) >= 11 is 0. The molecule has 1 aliphatic heterocycles. The van der Waals surface area contributed by atoms with Gasteiger partial charge in [-0.25, -0.2) is 9.79 Å². The number of piperidine rings is 1. The summed E-state index contributed by atoms with van der Waals surface area (Å²) in [7, 11) is 1.53. The Bertz CT molecular complexity index is 954. The molecule has 3 amide bonds. The number of fused-ring (bicyclic) bond motifs is 1.